The van der Waals surface area contributed by atoms with Gasteiger partial charge in [-0.15, -0.1) is 11.8 Å². The molecule has 1 unspecified atom stereocenters. The first-order valence-electron chi connectivity index (χ1n) is 5.35. The molecule has 1 aromatic rings. The van der Waals surface area contributed by atoms with Crippen LogP contribution in [0.4, 0.5) is 5.69 Å². The van der Waals surface area contributed by atoms with Gasteiger partial charge in [0, 0.05) is 25.0 Å². The van der Waals surface area contributed by atoms with Crippen molar-refractivity contribution >= 4 is 5.69 Å². The summed E-state index contributed by atoms with van der Waals surface area (Å²) in [7, 11) is 0. The van der Waals surface area contributed by atoms with E-state index in [0.29, 0.717) is 5.92 Å². The monoisotopic (exact) mass is 217 g/mol. The maximum atomic E-state index is 10.5. The van der Waals surface area contributed by atoms with Gasteiger partial charge in [-0.3, -0.25) is 10.1 Å². The lowest BCUT2D eigenvalue weighted by Crippen LogP contribution is -1.93. The standard InChI is InChI=1S/C13H15NO2/c1-3-4-5-6-11(2)12-7-9-13(10-8-12)14(15)16/h7-11H,3,6H2,1-2H3. The van der Waals surface area contributed by atoms with Crippen molar-refractivity contribution in [2.24, 2.45) is 0 Å². The summed E-state index contributed by atoms with van der Waals surface area (Å²) in [5, 5.41) is 10.5. The number of non-ortho nitro benzene ring substituents is 1. The Morgan fingerprint density at radius 3 is 2.44 bits per heavy atom. The van der Waals surface area contributed by atoms with E-state index >= 15 is 0 Å². The van der Waals surface area contributed by atoms with Crippen molar-refractivity contribution in [2.75, 3.05) is 0 Å². The lowest BCUT2D eigenvalue weighted by Gasteiger charge is -2.07. The van der Waals surface area contributed by atoms with Crippen LogP contribution in [0.1, 0.15) is 38.2 Å². The highest BCUT2D eigenvalue weighted by Gasteiger charge is 2.07. The number of hydrogen-bond acceptors (Lipinski definition) is 2. The number of nitro benzene ring substituents is 1. The first kappa shape index (κ1) is 12.3. The Morgan fingerprint density at radius 1 is 1.31 bits per heavy atom. The van der Waals surface area contributed by atoms with Crippen molar-refractivity contribution in [1.82, 2.24) is 0 Å². The van der Waals surface area contributed by atoms with Crippen molar-refractivity contribution in [1.29, 1.82) is 0 Å². The van der Waals surface area contributed by atoms with Crippen LogP contribution in [0.2, 0.25) is 0 Å². The summed E-state index contributed by atoms with van der Waals surface area (Å²) in [6.45, 7) is 4.09. The summed E-state index contributed by atoms with van der Waals surface area (Å²) in [6.07, 6.45) is 1.67. The summed E-state index contributed by atoms with van der Waals surface area (Å²) < 4.78 is 0. The molecule has 0 heterocycles. The highest BCUT2D eigenvalue weighted by atomic mass is 16.6. The summed E-state index contributed by atoms with van der Waals surface area (Å²) in [4.78, 5) is 10.1. The van der Waals surface area contributed by atoms with E-state index in [2.05, 4.69) is 18.8 Å². The van der Waals surface area contributed by atoms with Crippen LogP contribution in [-0.2, 0) is 0 Å². The molecule has 0 aliphatic heterocycles. The maximum absolute atomic E-state index is 10.5. The molecule has 16 heavy (non-hydrogen) atoms. The van der Waals surface area contributed by atoms with Crippen LogP contribution in [-0.4, -0.2) is 4.92 Å². The van der Waals surface area contributed by atoms with Crippen LogP contribution in [0, 0.1) is 22.0 Å². The van der Waals surface area contributed by atoms with Gasteiger partial charge < -0.3 is 0 Å². The SMILES string of the molecule is CCC#CCC(C)c1ccc([N+](=O)[O-])cc1. The van der Waals surface area contributed by atoms with Gasteiger partial charge in [0.2, 0.25) is 0 Å². The first-order chi connectivity index (χ1) is 7.65. The summed E-state index contributed by atoms with van der Waals surface area (Å²) in [6, 6.07) is 6.69. The predicted molar refractivity (Wildman–Crippen MR) is 64.2 cm³/mol. The Morgan fingerprint density at radius 2 is 1.94 bits per heavy atom. The van der Waals surface area contributed by atoms with Crippen LogP contribution in [0.15, 0.2) is 24.3 Å². The van der Waals surface area contributed by atoms with Crippen LogP contribution < -0.4 is 0 Å². The Balaban J connectivity index is 2.70. The van der Waals surface area contributed by atoms with Gasteiger partial charge in [-0.1, -0.05) is 26.0 Å². The van der Waals surface area contributed by atoms with E-state index in [4.69, 9.17) is 0 Å². The van der Waals surface area contributed by atoms with E-state index in [0.717, 1.165) is 18.4 Å². The number of benzene rings is 1. The van der Waals surface area contributed by atoms with Crippen LogP contribution in [0.3, 0.4) is 0 Å². The van der Waals surface area contributed by atoms with E-state index in [9.17, 15) is 10.1 Å². The highest BCUT2D eigenvalue weighted by molar-refractivity contribution is 5.34. The smallest absolute Gasteiger partial charge is 0.258 e. The first-order valence-corrected chi connectivity index (χ1v) is 5.35. The molecule has 0 saturated heterocycles. The summed E-state index contributed by atoms with van der Waals surface area (Å²) in [5.74, 6) is 6.43. The molecule has 0 radical (unpaired) electrons. The Labute approximate surface area is 95.6 Å². The van der Waals surface area contributed by atoms with Gasteiger partial charge in [0.1, 0.15) is 0 Å². The molecule has 1 atom stereocenters. The summed E-state index contributed by atoms with van der Waals surface area (Å²) in [5.41, 5.74) is 1.23. The topological polar surface area (TPSA) is 43.1 Å². The molecule has 0 fully saturated rings. The highest BCUT2D eigenvalue weighted by Crippen LogP contribution is 2.21. The second-order valence-corrected chi connectivity index (χ2v) is 3.66. The maximum Gasteiger partial charge on any atom is 0.269 e. The zero-order valence-electron chi connectivity index (χ0n) is 9.56. The average Bonchev–Trinajstić information content (AvgIpc) is 2.29. The van der Waals surface area contributed by atoms with Gasteiger partial charge >= 0.3 is 0 Å². The quantitative estimate of drug-likeness (QED) is 0.442. The third-order valence-electron chi connectivity index (χ3n) is 2.38. The average molecular weight is 217 g/mol. The zero-order valence-corrected chi connectivity index (χ0v) is 9.56. The number of nitro groups is 1. The van der Waals surface area contributed by atoms with Gasteiger partial charge in [0.25, 0.3) is 5.69 Å². The van der Waals surface area contributed by atoms with Gasteiger partial charge in [-0.2, -0.15) is 0 Å². The molecule has 0 spiro atoms. The fraction of sp³-hybridized carbons (Fsp3) is 0.385. The lowest BCUT2D eigenvalue weighted by atomic mass is 9.98. The molecule has 0 aliphatic rings. The van der Waals surface area contributed by atoms with Crippen LogP contribution in [0.5, 0.6) is 0 Å². The molecule has 0 aliphatic carbocycles. The molecule has 0 aromatic heterocycles. The van der Waals surface area contributed by atoms with E-state index in [1.165, 1.54) is 0 Å². The Bertz CT molecular complexity index is 412. The second-order valence-electron chi connectivity index (χ2n) is 3.66. The van der Waals surface area contributed by atoms with Crippen LogP contribution in [0.25, 0.3) is 0 Å². The van der Waals surface area contributed by atoms with Gasteiger partial charge in [-0.25, -0.2) is 0 Å². The second kappa shape index (κ2) is 5.92. The van der Waals surface area contributed by atoms with Gasteiger partial charge in [0.05, 0.1) is 4.92 Å². The number of rotatable bonds is 3. The van der Waals surface area contributed by atoms with Crippen molar-refractivity contribution in [3.05, 3.63) is 39.9 Å². The molecule has 0 bridgehead atoms. The molecule has 3 nitrogen and oxygen atoms in total. The molecule has 0 N–H and O–H groups in total. The Hall–Kier alpha value is -1.82. The van der Waals surface area contributed by atoms with Gasteiger partial charge in [-0.05, 0) is 11.5 Å². The molecule has 3 heteroatoms. The van der Waals surface area contributed by atoms with E-state index in [1.807, 2.05) is 6.92 Å². The molecular formula is C13H15NO2. The summed E-state index contributed by atoms with van der Waals surface area (Å²) >= 11 is 0. The molecule has 1 rings (SSSR count). The van der Waals surface area contributed by atoms with Crippen molar-refractivity contribution in [3.63, 3.8) is 0 Å². The Kier molecular flexibility index (Phi) is 4.53. The lowest BCUT2D eigenvalue weighted by molar-refractivity contribution is -0.384. The normalized spacial score (nSPS) is 11.4. The molecule has 0 saturated carbocycles. The largest absolute Gasteiger partial charge is 0.269 e. The molecular weight excluding hydrogens is 202 g/mol. The zero-order chi connectivity index (χ0) is 12.0. The van der Waals surface area contributed by atoms with Crippen LogP contribution >= 0.6 is 0 Å². The van der Waals surface area contributed by atoms with E-state index < -0.39 is 0 Å². The minimum atomic E-state index is -0.384. The fourth-order valence-corrected chi connectivity index (χ4v) is 1.39. The third kappa shape index (κ3) is 3.39. The minimum absolute atomic E-state index is 0.135. The predicted octanol–water partition coefficient (Wildman–Crippen LogP) is 3.50. The molecule has 0 amide bonds. The van der Waals surface area contributed by atoms with Crippen molar-refractivity contribution < 1.29 is 4.92 Å². The van der Waals surface area contributed by atoms with E-state index in [-0.39, 0.29) is 10.6 Å². The number of hydrogen-bond donors (Lipinski definition) is 0. The molecule has 84 valence electrons. The van der Waals surface area contributed by atoms with Crippen molar-refractivity contribution in [2.45, 2.75) is 32.6 Å². The fourth-order valence-electron chi connectivity index (χ4n) is 1.39. The number of nitrogens with zero attached hydrogens (tertiary/aromatic N) is 1. The van der Waals surface area contributed by atoms with Gasteiger partial charge in [0.15, 0.2) is 0 Å². The molecule has 1 aromatic carbocycles. The van der Waals surface area contributed by atoms with E-state index in [1.54, 1.807) is 24.3 Å². The third-order valence-corrected chi connectivity index (χ3v) is 2.38. The van der Waals surface area contributed by atoms with Crippen molar-refractivity contribution in [3.8, 4) is 11.8 Å². The minimum Gasteiger partial charge on any atom is -0.258 e.